The first-order chi connectivity index (χ1) is 7.47. The second kappa shape index (κ2) is 3.67. The minimum Gasteiger partial charge on any atom is -0.0991 e. The van der Waals surface area contributed by atoms with E-state index in [1.165, 1.54) is 18.2 Å². The highest BCUT2D eigenvalue weighted by molar-refractivity contribution is 5.50. The van der Waals surface area contributed by atoms with Gasteiger partial charge >= 0.3 is 0 Å². The van der Waals surface area contributed by atoms with E-state index < -0.39 is 0 Å². The first-order valence-corrected chi connectivity index (χ1v) is 2.78. The lowest BCUT2D eigenvalue weighted by Gasteiger charge is -1.87. The average molecular weight is 136 g/mol. The van der Waals surface area contributed by atoms with Crippen molar-refractivity contribution in [3.05, 3.63) is 54.5 Å². The van der Waals surface area contributed by atoms with E-state index in [-0.39, 0.29) is 30.2 Å². The van der Waals surface area contributed by atoms with Crippen LogP contribution in [0.15, 0.2) is 48.9 Å². The Kier molecular flexibility index (Phi) is 0.877. The molecule has 0 unspecified atom stereocenters. The van der Waals surface area contributed by atoms with Crippen LogP contribution in [0.5, 0.6) is 0 Å². The Hall–Kier alpha value is -1.30. The second-order valence-electron chi connectivity index (χ2n) is 1.62. The molecule has 1 rings (SSSR count). The molecule has 0 amide bonds. The highest BCUT2D eigenvalue weighted by atomic mass is 13.8. The molecule has 0 aliphatic rings. The van der Waals surface area contributed by atoms with E-state index in [0.29, 0.717) is 12.1 Å². The van der Waals surface area contributed by atoms with Gasteiger partial charge in [-0.05, 0) is 5.56 Å². The van der Waals surface area contributed by atoms with E-state index in [0.717, 1.165) is 0 Å². The summed E-state index contributed by atoms with van der Waals surface area (Å²) in [5, 5.41) is 0. The molecule has 10 heavy (non-hydrogen) atoms. The molecule has 0 aromatic heterocycles. The summed E-state index contributed by atoms with van der Waals surface area (Å²) in [5.41, 5.74) is 0.303. The molecular formula is C10H10. The summed E-state index contributed by atoms with van der Waals surface area (Å²) < 4.78 is 43.8. The fraction of sp³-hybridized carbons (Fsp3) is 0. The number of rotatable bonds is 2. The van der Waals surface area contributed by atoms with Gasteiger partial charge in [-0.25, -0.2) is 0 Å². The first-order valence-electron chi connectivity index (χ1n) is 5.85. The Morgan fingerprint density at radius 1 is 1.60 bits per heavy atom. The maximum absolute atomic E-state index is 7.62. The van der Waals surface area contributed by atoms with Gasteiger partial charge in [0.1, 0.15) is 0 Å². The summed E-state index contributed by atoms with van der Waals surface area (Å²) in [5.74, 6) is 0. The molecule has 50 valence electrons. The van der Waals surface area contributed by atoms with E-state index in [4.69, 9.17) is 8.22 Å². The van der Waals surface area contributed by atoms with Gasteiger partial charge in [-0.2, -0.15) is 0 Å². The van der Waals surface area contributed by atoms with Crippen molar-refractivity contribution in [2.45, 2.75) is 0 Å². The third-order valence-corrected chi connectivity index (χ3v) is 0.936. The van der Waals surface area contributed by atoms with E-state index in [1.807, 2.05) is 0 Å². The van der Waals surface area contributed by atoms with Gasteiger partial charge in [0.05, 0.1) is 8.22 Å². The van der Waals surface area contributed by atoms with Gasteiger partial charge in [-0.3, -0.25) is 0 Å². The molecule has 1 aromatic rings. The van der Waals surface area contributed by atoms with Crippen molar-refractivity contribution in [2.75, 3.05) is 0 Å². The van der Waals surface area contributed by atoms with Crippen LogP contribution in [0.4, 0.5) is 0 Å². The van der Waals surface area contributed by atoms with Crippen LogP contribution in [-0.2, 0) is 0 Å². The van der Waals surface area contributed by atoms with Crippen molar-refractivity contribution in [1.29, 1.82) is 0 Å². The molecule has 0 atom stereocenters. The van der Waals surface area contributed by atoms with Crippen molar-refractivity contribution >= 4 is 6.05 Å². The minimum atomic E-state index is -0.368. The molecule has 0 heteroatoms. The molecule has 0 fully saturated rings. The van der Waals surface area contributed by atoms with Crippen LogP contribution in [0, 0.1) is 0 Å². The van der Waals surface area contributed by atoms with Gasteiger partial charge in [0.25, 0.3) is 0 Å². The Labute approximate surface area is 69.9 Å². The van der Waals surface area contributed by atoms with E-state index in [9.17, 15) is 0 Å². The highest BCUT2D eigenvalue weighted by Crippen LogP contribution is 1.99. The van der Waals surface area contributed by atoms with Gasteiger partial charge in [0.2, 0.25) is 0 Å². The SMILES string of the molecule is [2H]C=C([2H])/C([2H])=C(/[2H])c1ccc([2H])c([2H])c1. The zero-order valence-corrected chi connectivity index (χ0v) is 5.31. The third kappa shape index (κ3) is 1.90. The Morgan fingerprint density at radius 3 is 3.40 bits per heavy atom. The van der Waals surface area contributed by atoms with Crippen molar-refractivity contribution in [2.24, 2.45) is 0 Å². The summed E-state index contributed by atoms with van der Waals surface area (Å²) in [6.45, 7) is 0.692. The van der Waals surface area contributed by atoms with Crippen LogP contribution in [0.25, 0.3) is 6.05 Å². The fourth-order valence-corrected chi connectivity index (χ4v) is 0.533. The molecule has 0 spiro atoms. The molecule has 0 nitrogen and oxygen atoms in total. The lowest BCUT2D eigenvalue weighted by atomic mass is 10.2. The predicted octanol–water partition coefficient (Wildman–Crippen LogP) is 2.89. The minimum absolute atomic E-state index is 0.0311. The van der Waals surface area contributed by atoms with Crippen molar-refractivity contribution < 1.29 is 8.22 Å². The van der Waals surface area contributed by atoms with Gasteiger partial charge in [0.15, 0.2) is 0 Å². The Bertz CT molecular complexity index is 460. The molecule has 0 heterocycles. The zero-order valence-electron chi connectivity index (χ0n) is 11.3. The first kappa shape index (κ1) is 2.39. The molecule has 0 radical (unpaired) electrons. The van der Waals surface area contributed by atoms with Crippen LogP contribution >= 0.6 is 0 Å². The molecule has 0 aliphatic carbocycles. The van der Waals surface area contributed by atoms with Crippen LogP contribution in [0.1, 0.15) is 13.8 Å². The van der Waals surface area contributed by atoms with Crippen LogP contribution in [-0.4, -0.2) is 0 Å². The van der Waals surface area contributed by atoms with Crippen LogP contribution in [0.3, 0.4) is 0 Å². The van der Waals surface area contributed by atoms with Gasteiger partial charge < -0.3 is 0 Å². The topological polar surface area (TPSA) is 0 Å². The van der Waals surface area contributed by atoms with Crippen molar-refractivity contribution in [3.8, 4) is 0 Å². The van der Waals surface area contributed by atoms with Gasteiger partial charge in [0, 0.05) is 0 Å². The molecule has 0 saturated carbocycles. The number of benzene rings is 1. The lowest BCUT2D eigenvalue weighted by Crippen LogP contribution is -1.65. The fourth-order valence-electron chi connectivity index (χ4n) is 0.533. The standard InChI is InChI=1S/C10H10/c1-2-3-7-10-8-5-4-6-9-10/h2-9H,1H2/b7-3-/i1D,2D,3D,4D,5D,7D/b2-1?,7-3-. The molecule has 1 aromatic carbocycles. The molecule has 0 aliphatic heterocycles. The molecule has 0 saturated heterocycles. The summed E-state index contributed by atoms with van der Waals surface area (Å²) >= 11 is 0. The summed E-state index contributed by atoms with van der Waals surface area (Å²) in [6, 6.07) is 3.19. The quantitative estimate of drug-likeness (QED) is 0.548. The molecule has 0 bridgehead atoms. The second-order valence-corrected chi connectivity index (χ2v) is 1.62. The van der Waals surface area contributed by atoms with Crippen molar-refractivity contribution in [3.63, 3.8) is 0 Å². The number of hydrogen-bond donors (Lipinski definition) is 0. The van der Waals surface area contributed by atoms with Crippen molar-refractivity contribution in [1.82, 2.24) is 0 Å². The molecular weight excluding hydrogens is 120 g/mol. The van der Waals surface area contributed by atoms with Crippen LogP contribution < -0.4 is 0 Å². The van der Waals surface area contributed by atoms with E-state index >= 15 is 0 Å². The Balaban J connectivity index is 3.24. The number of allylic oxidation sites excluding steroid dienone is 2. The normalized spacial score (nSPS) is 22.6. The van der Waals surface area contributed by atoms with Crippen LogP contribution in [0.2, 0.25) is 0 Å². The average Bonchev–Trinajstić information content (AvgIpc) is 2.29. The summed E-state index contributed by atoms with van der Waals surface area (Å²) in [6.07, 6.45) is 0. The van der Waals surface area contributed by atoms with Gasteiger partial charge in [-0.1, -0.05) is 55.0 Å². The maximum atomic E-state index is 7.62. The largest absolute Gasteiger partial charge is 0.0991 e. The third-order valence-electron chi connectivity index (χ3n) is 0.936. The van der Waals surface area contributed by atoms with Gasteiger partial charge in [-0.15, -0.1) is 0 Å². The zero-order chi connectivity index (χ0) is 12.3. The molecule has 0 N–H and O–H groups in total. The summed E-state index contributed by atoms with van der Waals surface area (Å²) in [7, 11) is 0. The number of hydrogen-bond acceptors (Lipinski definition) is 0. The maximum Gasteiger partial charge on any atom is 0.0629 e. The highest BCUT2D eigenvalue weighted by Gasteiger charge is 1.78. The smallest absolute Gasteiger partial charge is 0.0629 e. The lowest BCUT2D eigenvalue weighted by molar-refractivity contribution is 1.66. The Morgan fingerprint density at radius 2 is 2.60 bits per heavy atom. The predicted molar refractivity (Wildman–Crippen MR) is 45.7 cm³/mol. The monoisotopic (exact) mass is 136 g/mol. The van der Waals surface area contributed by atoms with E-state index in [1.54, 1.807) is 0 Å². The summed E-state index contributed by atoms with van der Waals surface area (Å²) in [4.78, 5) is 0. The van der Waals surface area contributed by atoms with E-state index in [2.05, 4.69) is 0 Å².